The average molecular weight is 359 g/mol. The second-order valence-corrected chi connectivity index (χ2v) is 5.93. The number of hydrogen-bond donors (Lipinski definition) is 0. The number of halogens is 1. The molecule has 3 rings (SSSR count). The Labute approximate surface area is 137 Å². The third-order valence-electron chi connectivity index (χ3n) is 3.83. The molecule has 0 N–H and O–H groups in total. The molecule has 2 aromatic carbocycles. The number of carbonyl (C=O) groups is 2. The van der Waals surface area contributed by atoms with E-state index in [9.17, 15) is 9.59 Å². The lowest BCUT2D eigenvalue weighted by Gasteiger charge is -2.10. The zero-order valence-corrected chi connectivity index (χ0v) is 13.5. The van der Waals surface area contributed by atoms with Gasteiger partial charge in [0.2, 0.25) is 0 Å². The van der Waals surface area contributed by atoms with E-state index >= 15 is 0 Å². The van der Waals surface area contributed by atoms with E-state index < -0.39 is 0 Å². The summed E-state index contributed by atoms with van der Waals surface area (Å²) >= 11 is 3.38. The predicted octanol–water partition coefficient (Wildman–Crippen LogP) is 4.25. The quantitative estimate of drug-likeness (QED) is 0.466. The van der Waals surface area contributed by atoms with Gasteiger partial charge in [0.15, 0.2) is 5.78 Å². The van der Waals surface area contributed by atoms with Crippen LogP contribution in [0, 0.1) is 0 Å². The molecule has 4 heteroatoms. The molecule has 0 aromatic heterocycles. The van der Waals surface area contributed by atoms with Crippen molar-refractivity contribution in [3.63, 3.8) is 0 Å². The van der Waals surface area contributed by atoms with Crippen LogP contribution in [0.3, 0.4) is 0 Å². The lowest BCUT2D eigenvalue weighted by molar-refractivity contribution is -0.134. The standard InChI is InChI=1S/C18H15BrO3/c19-11-12-4-3-5-14(8-12)22-18(21)10-13-9-17(20)16-7-2-1-6-15(13)16/h1-8,13H,9-11H2. The number of Topliss-reactive ketones (excluding diaryl/α,β-unsaturated/α-hetero) is 1. The molecule has 0 saturated carbocycles. The van der Waals surface area contributed by atoms with Crippen LogP contribution in [0.5, 0.6) is 5.75 Å². The first-order chi connectivity index (χ1) is 10.7. The molecule has 0 amide bonds. The van der Waals surface area contributed by atoms with Crippen LogP contribution in [0.4, 0.5) is 0 Å². The number of alkyl halides is 1. The van der Waals surface area contributed by atoms with Crippen molar-refractivity contribution >= 4 is 27.7 Å². The van der Waals surface area contributed by atoms with Crippen LogP contribution in [0.1, 0.15) is 40.2 Å². The Morgan fingerprint density at radius 3 is 2.82 bits per heavy atom. The van der Waals surface area contributed by atoms with Gasteiger partial charge in [-0.3, -0.25) is 9.59 Å². The number of ketones is 1. The van der Waals surface area contributed by atoms with E-state index in [0.717, 1.165) is 16.7 Å². The Morgan fingerprint density at radius 1 is 1.18 bits per heavy atom. The fourth-order valence-electron chi connectivity index (χ4n) is 2.80. The van der Waals surface area contributed by atoms with E-state index in [1.165, 1.54) is 0 Å². The highest BCUT2D eigenvalue weighted by Gasteiger charge is 2.30. The molecular formula is C18H15BrO3. The molecule has 1 aliphatic carbocycles. The summed E-state index contributed by atoms with van der Waals surface area (Å²) in [4.78, 5) is 24.1. The Morgan fingerprint density at radius 2 is 2.00 bits per heavy atom. The lowest BCUT2D eigenvalue weighted by Crippen LogP contribution is -2.12. The van der Waals surface area contributed by atoms with Crippen molar-refractivity contribution < 1.29 is 14.3 Å². The van der Waals surface area contributed by atoms with Gasteiger partial charge < -0.3 is 4.74 Å². The summed E-state index contributed by atoms with van der Waals surface area (Å²) in [5.74, 6) is 0.269. The van der Waals surface area contributed by atoms with E-state index in [4.69, 9.17) is 4.74 Å². The van der Waals surface area contributed by atoms with Crippen molar-refractivity contribution in [3.8, 4) is 5.75 Å². The molecule has 0 heterocycles. The molecule has 3 nitrogen and oxygen atoms in total. The van der Waals surface area contributed by atoms with Gasteiger partial charge in [-0.05, 0) is 23.3 Å². The van der Waals surface area contributed by atoms with Crippen LogP contribution in [0.25, 0.3) is 0 Å². The summed E-state index contributed by atoms with van der Waals surface area (Å²) in [6.07, 6.45) is 0.608. The fourth-order valence-corrected chi connectivity index (χ4v) is 3.15. The minimum atomic E-state index is -0.304. The Kier molecular flexibility index (Phi) is 4.39. The van der Waals surface area contributed by atoms with Crippen molar-refractivity contribution in [3.05, 3.63) is 65.2 Å². The minimum Gasteiger partial charge on any atom is -0.427 e. The number of rotatable bonds is 4. The van der Waals surface area contributed by atoms with Crippen molar-refractivity contribution in [2.75, 3.05) is 0 Å². The first kappa shape index (κ1) is 15.0. The lowest BCUT2D eigenvalue weighted by atomic mass is 9.98. The molecule has 1 aliphatic rings. The molecule has 22 heavy (non-hydrogen) atoms. The second-order valence-electron chi connectivity index (χ2n) is 5.37. The highest BCUT2D eigenvalue weighted by atomic mass is 79.9. The van der Waals surface area contributed by atoms with E-state index in [2.05, 4.69) is 15.9 Å². The van der Waals surface area contributed by atoms with Crippen LogP contribution in [-0.2, 0) is 10.1 Å². The van der Waals surface area contributed by atoms with Crippen LogP contribution < -0.4 is 4.74 Å². The Hall–Kier alpha value is -1.94. The number of carbonyl (C=O) groups excluding carboxylic acids is 2. The molecule has 0 spiro atoms. The molecule has 1 atom stereocenters. The zero-order valence-electron chi connectivity index (χ0n) is 11.9. The summed E-state index contributed by atoms with van der Waals surface area (Å²) in [7, 11) is 0. The van der Waals surface area contributed by atoms with Gasteiger partial charge in [-0.15, -0.1) is 0 Å². The summed E-state index contributed by atoms with van der Waals surface area (Å²) in [5, 5.41) is 0.711. The maximum absolute atomic E-state index is 12.1. The van der Waals surface area contributed by atoms with Crippen molar-refractivity contribution in [2.24, 2.45) is 0 Å². The van der Waals surface area contributed by atoms with Gasteiger partial charge in [-0.25, -0.2) is 0 Å². The van der Waals surface area contributed by atoms with Gasteiger partial charge in [0, 0.05) is 23.2 Å². The second kappa shape index (κ2) is 6.44. The van der Waals surface area contributed by atoms with Gasteiger partial charge in [-0.2, -0.15) is 0 Å². The highest BCUT2D eigenvalue weighted by molar-refractivity contribution is 9.08. The Balaban J connectivity index is 1.69. The SMILES string of the molecule is O=C(CC1CC(=O)c2ccccc21)Oc1cccc(CBr)c1. The van der Waals surface area contributed by atoms with Crippen molar-refractivity contribution in [2.45, 2.75) is 24.1 Å². The van der Waals surface area contributed by atoms with Crippen molar-refractivity contribution in [1.29, 1.82) is 0 Å². The van der Waals surface area contributed by atoms with Crippen molar-refractivity contribution in [1.82, 2.24) is 0 Å². The fraction of sp³-hybridized carbons (Fsp3) is 0.222. The molecule has 0 bridgehead atoms. The summed E-state index contributed by atoms with van der Waals surface area (Å²) in [6.45, 7) is 0. The Bertz CT molecular complexity index is 724. The molecule has 0 saturated heterocycles. The minimum absolute atomic E-state index is 0.0736. The monoisotopic (exact) mass is 358 g/mol. The third-order valence-corrected chi connectivity index (χ3v) is 4.48. The molecular weight excluding hydrogens is 344 g/mol. The summed E-state index contributed by atoms with van der Waals surface area (Å²) in [5.41, 5.74) is 2.74. The van der Waals surface area contributed by atoms with Gasteiger partial charge in [0.25, 0.3) is 0 Å². The van der Waals surface area contributed by atoms with E-state index in [1.807, 2.05) is 42.5 Å². The van der Waals surface area contributed by atoms with Crippen LogP contribution in [0.2, 0.25) is 0 Å². The first-order valence-corrected chi connectivity index (χ1v) is 8.27. The number of ether oxygens (including phenoxy) is 1. The summed E-state index contributed by atoms with van der Waals surface area (Å²) < 4.78 is 5.40. The first-order valence-electron chi connectivity index (χ1n) is 7.15. The largest absolute Gasteiger partial charge is 0.427 e. The number of fused-ring (bicyclic) bond motifs is 1. The topological polar surface area (TPSA) is 43.4 Å². The number of hydrogen-bond acceptors (Lipinski definition) is 3. The maximum Gasteiger partial charge on any atom is 0.311 e. The summed E-state index contributed by atoms with van der Waals surface area (Å²) in [6, 6.07) is 14.9. The third kappa shape index (κ3) is 3.12. The van der Waals surface area contributed by atoms with Crippen LogP contribution in [-0.4, -0.2) is 11.8 Å². The van der Waals surface area contributed by atoms with E-state index in [1.54, 1.807) is 6.07 Å². The van der Waals surface area contributed by atoms with Crippen LogP contribution in [0.15, 0.2) is 48.5 Å². The van der Waals surface area contributed by atoms with Gasteiger partial charge in [0.05, 0.1) is 6.42 Å². The van der Waals surface area contributed by atoms with Gasteiger partial charge in [-0.1, -0.05) is 52.3 Å². The molecule has 1 unspecified atom stereocenters. The van der Waals surface area contributed by atoms with Crippen LogP contribution >= 0.6 is 15.9 Å². The van der Waals surface area contributed by atoms with E-state index in [0.29, 0.717) is 17.5 Å². The number of benzene rings is 2. The average Bonchev–Trinajstić information content (AvgIpc) is 2.84. The molecule has 112 valence electrons. The highest BCUT2D eigenvalue weighted by Crippen LogP contribution is 2.35. The maximum atomic E-state index is 12.1. The number of esters is 1. The zero-order chi connectivity index (χ0) is 15.5. The molecule has 0 radical (unpaired) electrons. The normalized spacial score (nSPS) is 16.4. The van der Waals surface area contributed by atoms with Gasteiger partial charge in [0.1, 0.15) is 5.75 Å². The smallest absolute Gasteiger partial charge is 0.311 e. The van der Waals surface area contributed by atoms with Gasteiger partial charge >= 0.3 is 5.97 Å². The van der Waals surface area contributed by atoms with E-state index in [-0.39, 0.29) is 24.1 Å². The molecule has 0 aliphatic heterocycles. The predicted molar refractivity (Wildman–Crippen MR) is 87.5 cm³/mol. The molecule has 2 aromatic rings. The molecule has 0 fully saturated rings.